The van der Waals surface area contributed by atoms with Gasteiger partial charge in [-0.1, -0.05) is 66.6 Å². The summed E-state index contributed by atoms with van der Waals surface area (Å²) in [4.78, 5) is 23.0. The average Bonchev–Trinajstić information content (AvgIpc) is 3.40. The van der Waals surface area contributed by atoms with E-state index < -0.39 is 22.8 Å². The topological polar surface area (TPSA) is 102 Å². The summed E-state index contributed by atoms with van der Waals surface area (Å²) in [6.07, 6.45) is 21.1. The maximum atomic E-state index is 12.9. The maximum absolute atomic E-state index is 12.9. The maximum Gasteiger partial charge on any atom is 0.408 e. The predicted molar refractivity (Wildman–Crippen MR) is 187 cm³/mol. The van der Waals surface area contributed by atoms with E-state index in [1.54, 1.807) is 6.92 Å². The van der Waals surface area contributed by atoms with E-state index in [0.717, 1.165) is 51.1 Å². The van der Waals surface area contributed by atoms with Gasteiger partial charge in [0.1, 0.15) is 5.60 Å². The number of aromatic nitrogens is 4. The lowest BCUT2D eigenvalue weighted by molar-refractivity contribution is -0.0705. The molecule has 240 valence electrons. The molecule has 1 fully saturated rings. The molecule has 4 aromatic rings. The largest absolute Gasteiger partial charge is 0.444 e. The Labute approximate surface area is 276 Å². The van der Waals surface area contributed by atoms with Crippen LogP contribution in [0.15, 0.2) is 84.6 Å². The van der Waals surface area contributed by atoms with Crippen LogP contribution in [0.2, 0.25) is 0 Å². The first kappa shape index (κ1) is 32.0. The molecule has 1 saturated carbocycles. The van der Waals surface area contributed by atoms with Crippen LogP contribution in [0, 0.1) is 19.3 Å². The molecule has 0 bridgehead atoms. The van der Waals surface area contributed by atoms with Gasteiger partial charge in [0.2, 0.25) is 0 Å². The zero-order valence-electron chi connectivity index (χ0n) is 27.8. The minimum Gasteiger partial charge on any atom is -0.444 e. The third-order valence-electron chi connectivity index (χ3n) is 8.66. The van der Waals surface area contributed by atoms with Crippen LogP contribution in [0.3, 0.4) is 0 Å². The quantitative estimate of drug-likeness (QED) is 0.168. The third kappa shape index (κ3) is 6.36. The Morgan fingerprint density at radius 3 is 2.57 bits per heavy atom. The lowest BCUT2D eigenvalue weighted by Crippen LogP contribution is -2.65. The Balaban J connectivity index is 1.55. The Morgan fingerprint density at radius 1 is 1.19 bits per heavy atom. The van der Waals surface area contributed by atoms with Gasteiger partial charge in [-0.3, -0.25) is 0 Å². The SMILES string of the molecule is C#C/C(=C\C=C(/C)c1nc2c(cnc3cc(C)nn32)c(-c2ccccc2)c1C1C=CC=CC1)C1(NC(=O)OC(C)(C)C)CC(C)(O)C1. The van der Waals surface area contributed by atoms with Crippen molar-refractivity contribution in [3.63, 3.8) is 0 Å². The van der Waals surface area contributed by atoms with Crippen molar-refractivity contribution in [1.29, 1.82) is 0 Å². The Hall–Kier alpha value is -5.00. The minimum atomic E-state index is -0.969. The van der Waals surface area contributed by atoms with Gasteiger partial charge in [0, 0.05) is 47.5 Å². The first-order valence-corrected chi connectivity index (χ1v) is 16.0. The normalized spacial score (nSPS) is 23.1. The molecule has 2 aliphatic rings. The number of carbonyl (C=O) groups is 1. The summed E-state index contributed by atoms with van der Waals surface area (Å²) in [6, 6.07) is 12.3. The van der Waals surface area contributed by atoms with Crippen LogP contribution in [0.1, 0.15) is 76.8 Å². The second-order valence-electron chi connectivity index (χ2n) is 14.0. The number of rotatable bonds is 6. The van der Waals surface area contributed by atoms with E-state index in [9.17, 15) is 9.90 Å². The molecule has 2 N–H and O–H groups in total. The van der Waals surface area contributed by atoms with Crippen molar-refractivity contribution < 1.29 is 14.6 Å². The number of nitrogens with zero attached hydrogens (tertiary/aromatic N) is 4. The van der Waals surface area contributed by atoms with Gasteiger partial charge < -0.3 is 15.2 Å². The van der Waals surface area contributed by atoms with E-state index >= 15 is 0 Å². The van der Waals surface area contributed by atoms with Crippen LogP contribution in [0.5, 0.6) is 0 Å². The molecule has 0 aliphatic heterocycles. The van der Waals surface area contributed by atoms with Crippen LogP contribution >= 0.6 is 0 Å². The highest BCUT2D eigenvalue weighted by molar-refractivity contribution is 5.98. The number of hydrogen-bond acceptors (Lipinski definition) is 6. The highest BCUT2D eigenvalue weighted by Crippen LogP contribution is 2.46. The molecule has 0 spiro atoms. The molecular formula is C39H41N5O3. The molecule has 6 rings (SSSR count). The van der Waals surface area contributed by atoms with E-state index in [0.29, 0.717) is 11.2 Å². The van der Waals surface area contributed by atoms with Gasteiger partial charge >= 0.3 is 6.09 Å². The summed E-state index contributed by atoms with van der Waals surface area (Å²) in [5.74, 6) is 2.87. The first-order valence-electron chi connectivity index (χ1n) is 16.0. The van der Waals surface area contributed by atoms with Gasteiger partial charge in [-0.2, -0.15) is 9.61 Å². The van der Waals surface area contributed by atoms with Gasteiger partial charge in [0.05, 0.1) is 22.5 Å². The molecular weight excluding hydrogens is 586 g/mol. The summed E-state index contributed by atoms with van der Waals surface area (Å²) in [5.41, 5.74) is 5.18. The monoisotopic (exact) mass is 627 g/mol. The molecule has 1 atom stereocenters. The van der Waals surface area contributed by atoms with Gasteiger partial charge in [0.15, 0.2) is 11.3 Å². The van der Waals surface area contributed by atoms with E-state index in [-0.39, 0.29) is 18.8 Å². The summed E-state index contributed by atoms with van der Waals surface area (Å²) >= 11 is 0. The molecule has 8 nitrogen and oxygen atoms in total. The number of aliphatic hydroxyl groups is 1. The minimum absolute atomic E-state index is 0.0681. The van der Waals surface area contributed by atoms with E-state index in [1.807, 2.05) is 81.7 Å². The Bertz CT molecular complexity index is 2030. The number of alkyl carbamates (subject to hydrolysis) is 1. The summed E-state index contributed by atoms with van der Waals surface area (Å²) in [7, 11) is 0. The lowest BCUT2D eigenvalue weighted by Gasteiger charge is -2.52. The van der Waals surface area contributed by atoms with Gasteiger partial charge in [-0.05, 0) is 70.7 Å². The highest BCUT2D eigenvalue weighted by atomic mass is 16.6. The van der Waals surface area contributed by atoms with Crippen molar-refractivity contribution in [2.24, 2.45) is 0 Å². The van der Waals surface area contributed by atoms with E-state index in [2.05, 4.69) is 47.7 Å². The number of fused-ring (bicyclic) bond motifs is 3. The smallest absolute Gasteiger partial charge is 0.408 e. The standard InChI is InChI=1S/C39H41N5O3/c1-8-29(39(23-38(7,46)24-39)42-36(45)47-37(4,5)6)20-19-25(2)34-33(28-17-13-10-14-18-28)32(27-15-11-9-12-16-27)30-22-40-31-21-26(3)43-44(31)35(30)41-34/h1,9-17,19-22,28,46H,18,23-24H2,2-7H3,(H,42,45)/b25-19+,29-20+. The second-order valence-corrected chi connectivity index (χ2v) is 14.0. The summed E-state index contributed by atoms with van der Waals surface area (Å²) in [5, 5.41) is 19.4. The van der Waals surface area contributed by atoms with Gasteiger partial charge in [-0.25, -0.2) is 14.8 Å². The lowest BCUT2D eigenvalue weighted by atomic mass is 9.62. The van der Waals surface area contributed by atoms with Crippen molar-refractivity contribution in [3.05, 3.63) is 102 Å². The van der Waals surface area contributed by atoms with Crippen molar-refractivity contribution in [2.75, 3.05) is 0 Å². The summed E-state index contributed by atoms with van der Waals surface area (Å²) in [6.45, 7) is 11.1. The number of allylic oxidation sites excluding steroid dienone is 7. The van der Waals surface area contributed by atoms with E-state index in [4.69, 9.17) is 26.2 Å². The number of nitrogens with one attached hydrogen (secondary N) is 1. The van der Waals surface area contributed by atoms with Crippen LogP contribution in [0.4, 0.5) is 4.79 Å². The number of benzene rings is 1. The number of aryl methyl sites for hydroxylation is 1. The molecule has 2 aliphatic carbocycles. The van der Waals surface area contributed by atoms with Crippen molar-refractivity contribution in [1.82, 2.24) is 24.9 Å². The number of terminal acetylenes is 1. The van der Waals surface area contributed by atoms with Gasteiger partial charge in [0.25, 0.3) is 0 Å². The van der Waals surface area contributed by atoms with Crippen LogP contribution < -0.4 is 5.32 Å². The molecule has 3 heterocycles. The number of ether oxygens (including phenoxy) is 1. The number of amides is 1. The molecule has 0 saturated heterocycles. The first-order chi connectivity index (χ1) is 22.3. The zero-order valence-corrected chi connectivity index (χ0v) is 27.8. The fraction of sp³-hybridized carbons (Fsp3) is 0.333. The zero-order chi connectivity index (χ0) is 33.6. The van der Waals surface area contributed by atoms with Crippen LogP contribution in [-0.4, -0.2) is 47.5 Å². The summed E-state index contributed by atoms with van der Waals surface area (Å²) < 4.78 is 7.38. The van der Waals surface area contributed by atoms with Gasteiger partial charge in [-0.15, -0.1) is 6.42 Å². The average molecular weight is 628 g/mol. The predicted octanol–water partition coefficient (Wildman–Crippen LogP) is 7.62. The Kier molecular flexibility index (Phi) is 8.15. The fourth-order valence-electron chi connectivity index (χ4n) is 6.85. The molecule has 3 aromatic heterocycles. The highest BCUT2D eigenvalue weighted by Gasteiger charge is 2.54. The molecule has 8 heteroatoms. The fourth-order valence-corrected chi connectivity index (χ4v) is 6.85. The van der Waals surface area contributed by atoms with Crippen molar-refractivity contribution in [3.8, 4) is 23.5 Å². The van der Waals surface area contributed by atoms with E-state index in [1.165, 1.54) is 0 Å². The van der Waals surface area contributed by atoms with Crippen molar-refractivity contribution >= 4 is 28.3 Å². The second kappa shape index (κ2) is 12.0. The van der Waals surface area contributed by atoms with Crippen LogP contribution in [0.25, 0.3) is 33.4 Å². The van der Waals surface area contributed by atoms with Crippen molar-refractivity contribution in [2.45, 2.75) is 83.5 Å². The number of pyridine rings is 1. The molecule has 1 unspecified atom stereocenters. The molecule has 1 amide bonds. The molecule has 1 aromatic carbocycles. The third-order valence-corrected chi connectivity index (χ3v) is 8.66. The van der Waals surface area contributed by atoms with Crippen LogP contribution in [-0.2, 0) is 4.74 Å². The number of carbonyl (C=O) groups excluding carboxylic acids is 1. The number of hydrogen-bond donors (Lipinski definition) is 2. The molecule has 47 heavy (non-hydrogen) atoms. The molecule has 0 radical (unpaired) electrons. The Morgan fingerprint density at radius 2 is 1.94 bits per heavy atom.